The van der Waals surface area contributed by atoms with E-state index >= 15 is 0 Å². The molecule has 0 unspecified atom stereocenters. The summed E-state index contributed by atoms with van der Waals surface area (Å²) in [6.45, 7) is 0. The van der Waals surface area contributed by atoms with Crippen LogP contribution in [-0.2, 0) is 9.47 Å². The Bertz CT molecular complexity index is 735. The van der Waals surface area contributed by atoms with Crippen molar-refractivity contribution in [1.29, 1.82) is 0 Å². The molecule has 2 rings (SSSR count). The highest BCUT2D eigenvalue weighted by atomic mass is 19.2. The summed E-state index contributed by atoms with van der Waals surface area (Å²) in [7, 11) is 1.99. The van der Waals surface area contributed by atoms with Crippen LogP contribution in [0.2, 0.25) is 0 Å². The molecule has 0 atom stereocenters. The summed E-state index contributed by atoms with van der Waals surface area (Å²) in [4.78, 5) is 23.3. The Morgan fingerprint density at radius 3 is 1.32 bits per heavy atom. The third kappa shape index (κ3) is 2.26. The second-order valence-corrected chi connectivity index (χ2v) is 4.18. The quantitative estimate of drug-likeness (QED) is 0.370. The molecule has 0 bridgehead atoms. The van der Waals surface area contributed by atoms with E-state index < -0.39 is 57.1 Å². The van der Waals surface area contributed by atoms with Gasteiger partial charge in [0.25, 0.3) is 0 Å². The molecule has 0 aliphatic heterocycles. The molecule has 0 aliphatic rings. The van der Waals surface area contributed by atoms with Gasteiger partial charge in [-0.3, -0.25) is 0 Å². The number of benzene rings is 2. The van der Waals surface area contributed by atoms with Crippen molar-refractivity contribution < 1.29 is 36.6 Å². The minimum Gasteiger partial charge on any atom is -0.465 e. The van der Waals surface area contributed by atoms with Crippen LogP contribution in [0.1, 0.15) is 20.7 Å². The van der Waals surface area contributed by atoms with Crippen molar-refractivity contribution in [3.8, 4) is 0 Å². The smallest absolute Gasteiger partial charge is 0.338 e. The van der Waals surface area contributed by atoms with E-state index in [2.05, 4.69) is 9.47 Å². The fraction of sp³-hybridized carbons (Fsp3) is 0.143. The Balaban J connectivity index is 2.95. The Kier molecular flexibility index (Phi) is 4.03. The molecule has 8 heteroatoms. The van der Waals surface area contributed by atoms with E-state index in [-0.39, 0.29) is 0 Å². The van der Waals surface area contributed by atoms with Crippen molar-refractivity contribution in [2.75, 3.05) is 14.2 Å². The minimum atomic E-state index is -2.02. The van der Waals surface area contributed by atoms with Crippen LogP contribution in [0.4, 0.5) is 17.6 Å². The Labute approximate surface area is 121 Å². The van der Waals surface area contributed by atoms with Crippen molar-refractivity contribution in [3.63, 3.8) is 0 Å². The lowest BCUT2D eigenvalue weighted by Crippen LogP contribution is -2.13. The van der Waals surface area contributed by atoms with Gasteiger partial charge in [-0.05, 0) is 12.1 Å². The molecule has 0 saturated carbocycles. The number of hydrogen-bond donors (Lipinski definition) is 0. The first-order valence-electron chi connectivity index (χ1n) is 5.79. The molecule has 116 valence electrons. The molecule has 0 heterocycles. The Hall–Kier alpha value is -2.64. The standard InChI is InChI=1S/C14H8F4O4/c1-21-13(19)7-3-5-6(4-8(7)14(20)22-2)10(16)12(18)11(17)9(5)15/h3-4H,1-2H3. The molecule has 0 N–H and O–H groups in total. The van der Waals surface area contributed by atoms with Crippen LogP contribution in [0.5, 0.6) is 0 Å². The van der Waals surface area contributed by atoms with Gasteiger partial charge in [0.15, 0.2) is 23.3 Å². The van der Waals surface area contributed by atoms with Crippen molar-refractivity contribution in [2.24, 2.45) is 0 Å². The maximum absolute atomic E-state index is 13.8. The number of methoxy groups -OCH3 is 2. The number of hydrogen-bond acceptors (Lipinski definition) is 4. The number of fused-ring (bicyclic) bond motifs is 1. The van der Waals surface area contributed by atoms with Gasteiger partial charge in [-0.15, -0.1) is 0 Å². The summed E-state index contributed by atoms with van der Waals surface area (Å²) in [5.74, 6) is -9.51. The molecule has 22 heavy (non-hydrogen) atoms. The highest BCUT2D eigenvalue weighted by molar-refractivity contribution is 6.07. The van der Waals surface area contributed by atoms with Crippen molar-refractivity contribution >= 4 is 22.7 Å². The van der Waals surface area contributed by atoms with Gasteiger partial charge in [0, 0.05) is 10.8 Å². The molecule has 0 radical (unpaired) electrons. The monoisotopic (exact) mass is 316 g/mol. The Morgan fingerprint density at radius 1 is 0.727 bits per heavy atom. The average Bonchev–Trinajstić information content (AvgIpc) is 2.55. The molecule has 0 aliphatic carbocycles. The van der Waals surface area contributed by atoms with E-state index in [9.17, 15) is 27.2 Å². The van der Waals surface area contributed by atoms with E-state index in [0.29, 0.717) is 12.1 Å². The van der Waals surface area contributed by atoms with Gasteiger partial charge in [0.2, 0.25) is 0 Å². The summed E-state index contributed by atoms with van der Waals surface area (Å²) in [6, 6.07) is 1.41. The number of rotatable bonds is 2. The third-order valence-corrected chi connectivity index (χ3v) is 3.02. The number of carbonyl (C=O) groups excluding carboxylic acids is 2. The number of ether oxygens (including phenoxy) is 2. The second kappa shape index (κ2) is 5.63. The lowest BCUT2D eigenvalue weighted by atomic mass is 9.99. The van der Waals surface area contributed by atoms with Gasteiger partial charge in [0.1, 0.15) is 0 Å². The predicted molar refractivity (Wildman–Crippen MR) is 66.5 cm³/mol. The normalized spacial score (nSPS) is 10.6. The first-order valence-corrected chi connectivity index (χ1v) is 5.79. The highest BCUT2D eigenvalue weighted by Crippen LogP contribution is 2.30. The molecule has 0 spiro atoms. The van der Waals surface area contributed by atoms with Gasteiger partial charge in [0.05, 0.1) is 25.3 Å². The molecule has 0 fully saturated rings. The van der Waals surface area contributed by atoms with Gasteiger partial charge in [-0.2, -0.15) is 0 Å². The van der Waals surface area contributed by atoms with Crippen LogP contribution in [0.25, 0.3) is 10.8 Å². The summed E-state index contributed by atoms with van der Waals surface area (Å²) < 4.78 is 62.9. The van der Waals surface area contributed by atoms with Crippen LogP contribution in [-0.4, -0.2) is 26.2 Å². The number of esters is 2. The first-order chi connectivity index (χ1) is 10.3. The van der Waals surface area contributed by atoms with E-state index in [1.54, 1.807) is 0 Å². The molecule has 4 nitrogen and oxygen atoms in total. The van der Waals surface area contributed by atoms with Gasteiger partial charge in [-0.1, -0.05) is 0 Å². The Morgan fingerprint density at radius 2 is 1.05 bits per heavy atom. The van der Waals surface area contributed by atoms with Crippen LogP contribution in [0.3, 0.4) is 0 Å². The largest absolute Gasteiger partial charge is 0.465 e. The fourth-order valence-electron chi connectivity index (χ4n) is 1.95. The van der Waals surface area contributed by atoms with E-state index in [0.717, 1.165) is 14.2 Å². The lowest BCUT2D eigenvalue weighted by molar-refractivity contribution is 0.0555. The summed E-state index contributed by atoms with van der Waals surface area (Å²) in [6.07, 6.45) is 0. The summed E-state index contributed by atoms with van der Waals surface area (Å²) in [5, 5.41) is -1.41. The molecular weight excluding hydrogens is 308 g/mol. The molecular formula is C14H8F4O4. The van der Waals surface area contributed by atoms with Gasteiger partial charge >= 0.3 is 11.9 Å². The van der Waals surface area contributed by atoms with Crippen LogP contribution in [0.15, 0.2) is 12.1 Å². The molecule has 0 saturated heterocycles. The van der Waals surface area contributed by atoms with Crippen molar-refractivity contribution in [1.82, 2.24) is 0 Å². The zero-order valence-corrected chi connectivity index (χ0v) is 11.3. The van der Waals surface area contributed by atoms with Crippen LogP contribution < -0.4 is 0 Å². The number of halogens is 4. The predicted octanol–water partition coefficient (Wildman–Crippen LogP) is 2.97. The topological polar surface area (TPSA) is 52.6 Å². The molecule has 0 aromatic heterocycles. The van der Waals surface area contributed by atoms with E-state index in [1.807, 2.05) is 0 Å². The minimum absolute atomic E-state index is 0.467. The fourth-order valence-corrected chi connectivity index (χ4v) is 1.95. The van der Waals surface area contributed by atoms with Crippen molar-refractivity contribution in [2.45, 2.75) is 0 Å². The lowest BCUT2D eigenvalue weighted by Gasteiger charge is -2.10. The first kappa shape index (κ1) is 15.7. The second-order valence-electron chi connectivity index (χ2n) is 4.18. The van der Waals surface area contributed by atoms with Crippen molar-refractivity contribution in [3.05, 3.63) is 46.5 Å². The van der Waals surface area contributed by atoms with Gasteiger partial charge in [-0.25, -0.2) is 27.2 Å². The van der Waals surface area contributed by atoms with E-state index in [1.165, 1.54) is 0 Å². The maximum atomic E-state index is 13.8. The SMILES string of the molecule is COC(=O)c1cc2c(F)c(F)c(F)c(F)c2cc1C(=O)OC. The zero-order chi connectivity index (χ0) is 16.6. The summed E-state index contributed by atoms with van der Waals surface area (Å²) >= 11 is 0. The maximum Gasteiger partial charge on any atom is 0.338 e. The number of carbonyl (C=O) groups is 2. The summed E-state index contributed by atoms with van der Waals surface area (Å²) in [5.41, 5.74) is -0.933. The highest BCUT2D eigenvalue weighted by Gasteiger charge is 2.26. The van der Waals surface area contributed by atoms with Crippen LogP contribution >= 0.6 is 0 Å². The van der Waals surface area contributed by atoms with Crippen LogP contribution in [0, 0.1) is 23.3 Å². The third-order valence-electron chi connectivity index (χ3n) is 3.02. The van der Waals surface area contributed by atoms with E-state index in [4.69, 9.17) is 0 Å². The molecule has 2 aromatic carbocycles. The molecule has 2 aromatic rings. The zero-order valence-electron chi connectivity index (χ0n) is 11.3. The average molecular weight is 316 g/mol. The van der Waals surface area contributed by atoms with Gasteiger partial charge < -0.3 is 9.47 Å². The molecule has 0 amide bonds.